The fourth-order valence-corrected chi connectivity index (χ4v) is 3.41. The molecule has 116 valence electrons. The minimum absolute atomic E-state index is 0.342. The van der Waals surface area contributed by atoms with Crippen molar-refractivity contribution in [2.24, 2.45) is 0 Å². The van der Waals surface area contributed by atoms with E-state index in [1.165, 1.54) is 16.7 Å². The maximum absolute atomic E-state index is 5.51. The van der Waals surface area contributed by atoms with Gasteiger partial charge in [0.25, 0.3) is 0 Å². The molecule has 1 heterocycles. The van der Waals surface area contributed by atoms with E-state index in [0.29, 0.717) is 12.0 Å². The molecule has 0 aliphatic carbocycles. The van der Waals surface area contributed by atoms with Crippen molar-refractivity contribution in [3.63, 3.8) is 0 Å². The summed E-state index contributed by atoms with van der Waals surface area (Å²) in [4.78, 5) is 2.39. The Morgan fingerprint density at radius 3 is 2.27 bits per heavy atom. The number of benzene rings is 2. The first-order valence-corrected chi connectivity index (χ1v) is 7.65. The summed E-state index contributed by atoms with van der Waals surface area (Å²) < 4.78 is 11.0. The van der Waals surface area contributed by atoms with Gasteiger partial charge < -0.3 is 9.47 Å². The number of likely N-dealkylation sites (N-methyl/N-ethyl adjacent to an activating group) is 1. The number of rotatable bonds is 3. The maximum atomic E-state index is 5.51. The van der Waals surface area contributed by atoms with Crippen LogP contribution in [0.2, 0.25) is 0 Å². The third kappa shape index (κ3) is 2.46. The van der Waals surface area contributed by atoms with Crippen molar-refractivity contribution in [3.05, 3.63) is 59.2 Å². The van der Waals surface area contributed by atoms with Crippen LogP contribution in [0.15, 0.2) is 42.5 Å². The minimum Gasteiger partial charge on any atom is -0.493 e. The third-order valence-corrected chi connectivity index (χ3v) is 4.74. The Labute approximate surface area is 132 Å². The SMILES string of the molecule is COc1cc2c(cc1OC)[C@@H](c1ccccc1)[C@@H](C)N(C)C2. The highest BCUT2D eigenvalue weighted by Crippen LogP contribution is 2.42. The lowest BCUT2D eigenvalue weighted by Crippen LogP contribution is -2.39. The van der Waals surface area contributed by atoms with E-state index in [4.69, 9.17) is 9.47 Å². The largest absolute Gasteiger partial charge is 0.493 e. The van der Waals surface area contributed by atoms with Gasteiger partial charge in [-0.15, -0.1) is 0 Å². The van der Waals surface area contributed by atoms with Crippen LogP contribution >= 0.6 is 0 Å². The second kappa shape index (κ2) is 6.01. The summed E-state index contributed by atoms with van der Waals surface area (Å²) in [6.07, 6.45) is 0. The van der Waals surface area contributed by atoms with Crippen LogP contribution < -0.4 is 9.47 Å². The molecule has 0 saturated heterocycles. The highest BCUT2D eigenvalue weighted by Gasteiger charge is 2.32. The summed E-state index contributed by atoms with van der Waals surface area (Å²) in [6.45, 7) is 3.22. The predicted octanol–water partition coefficient (Wildman–Crippen LogP) is 3.67. The molecule has 0 aromatic heterocycles. The Bertz CT molecular complexity index is 654. The van der Waals surface area contributed by atoms with E-state index in [1.807, 2.05) is 0 Å². The number of methoxy groups -OCH3 is 2. The van der Waals surface area contributed by atoms with E-state index < -0.39 is 0 Å². The Hall–Kier alpha value is -2.00. The molecule has 0 radical (unpaired) electrons. The summed E-state index contributed by atoms with van der Waals surface area (Å²) in [5.74, 6) is 1.95. The zero-order chi connectivity index (χ0) is 15.7. The molecule has 0 saturated carbocycles. The van der Waals surface area contributed by atoms with Crippen LogP contribution in [-0.4, -0.2) is 32.2 Å². The molecule has 22 heavy (non-hydrogen) atoms. The van der Waals surface area contributed by atoms with E-state index in [9.17, 15) is 0 Å². The summed E-state index contributed by atoms with van der Waals surface area (Å²) in [5.41, 5.74) is 4.00. The molecule has 3 rings (SSSR count). The number of nitrogens with zero attached hydrogens (tertiary/aromatic N) is 1. The number of fused-ring (bicyclic) bond motifs is 1. The van der Waals surface area contributed by atoms with Gasteiger partial charge in [0, 0.05) is 18.5 Å². The van der Waals surface area contributed by atoms with Gasteiger partial charge in [-0.1, -0.05) is 30.3 Å². The van der Waals surface area contributed by atoms with Crippen molar-refractivity contribution in [1.82, 2.24) is 4.90 Å². The fraction of sp³-hybridized carbons (Fsp3) is 0.368. The van der Waals surface area contributed by atoms with Gasteiger partial charge in [-0.05, 0) is 42.8 Å². The lowest BCUT2D eigenvalue weighted by molar-refractivity contribution is 0.211. The molecule has 0 bridgehead atoms. The quantitative estimate of drug-likeness (QED) is 0.863. The number of hydrogen-bond acceptors (Lipinski definition) is 3. The van der Waals surface area contributed by atoms with Crippen molar-refractivity contribution in [2.45, 2.75) is 25.4 Å². The summed E-state index contributed by atoms with van der Waals surface area (Å²) in [5, 5.41) is 0. The van der Waals surface area contributed by atoms with Crippen molar-refractivity contribution in [2.75, 3.05) is 21.3 Å². The first-order valence-electron chi connectivity index (χ1n) is 7.65. The van der Waals surface area contributed by atoms with Crippen molar-refractivity contribution >= 4 is 0 Å². The molecule has 0 spiro atoms. The molecule has 3 heteroatoms. The molecule has 1 aliphatic rings. The lowest BCUT2D eigenvalue weighted by atomic mass is 9.79. The van der Waals surface area contributed by atoms with Crippen molar-refractivity contribution in [1.29, 1.82) is 0 Å². The van der Waals surface area contributed by atoms with E-state index in [-0.39, 0.29) is 0 Å². The second-order valence-electron chi connectivity index (χ2n) is 5.95. The van der Waals surface area contributed by atoms with E-state index in [0.717, 1.165) is 18.0 Å². The van der Waals surface area contributed by atoms with Crippen LogP contribution in [0.1, 0.15) is 29.5 Å². The molecule has 2 aromatic rings. The zero-order valence-electron chi connectivity index (χ0n) is 13.7. The first-order chi connectivity index (χ1) is 10.7. The number of hydrogen-bond donors (Lipinski definition) is 0. The van der Waals surface area contributed by atoms with Crippen LogP contribution in [0.4, 0.5) is 0 Å². The standard InChI is InChI=1S/C19H23NO2/c1-13-19(14-8-6-5-7-9-14)16-11-18(22-4)17(21-3)10-15(16)12-20(13)2/h5-11,13,19H,12H2,1-4H3/t13-,19-/m1/s1. The summed E-state index contributed by atoms with van der Waals surface area (Å²) in [6, 6.07) is 15.4. The van der Waals surface area contributed by atoms with Crippen LogP contribution in [0.5, 0.6) is 11.5 Å². The topological polar surface area (TPSA) is 21.7 Å². The molecular formula is C19H23NO2. The smallest absolute Gasteiger partial charge is 0.161 e. The summed E-state index contributed by atoms with van der Waals surface area (Å²) in [7, 11) is 5.56. The highest BCUT2D eigenvalue weighted by molar-refractivity contribution is 5.52. The third-order valence-electron chi connectivity index (χ3n) is 4.74. The normalized spacial score (nSPS) is 21.3. The van der Waals surface area contributed by atoms with Gasteiger partial charge in [-0.25, -0.2) is 0 Å². The number of ether oxygens (including phenoxy) is 2. The molecule has 1 aliphatic heterocycles. The zero-order valence-corrected chi connectivity index (χ0v) is 13.7. The van der Waals surface area contributed by atoms with Gasteiger partial charge in [0.05, 0.1) is 14.2 Å². The van der Waals surface area contributed by atoms with Gasteiger partial charge in [-0.3, -0.25) is 4.90 Å². The van der Waals surface area contributed by atoms with Crippen LogP contribution in [0, 0.1) is 0 Å². The molecule has 0 amide bonds. The van der Waals surface area contributed by atoms with E-state index in [1.54, 1.807) is 14.2 Å². The molecule has 0 fully saturated rings. The van der Waals surface area contributed by atoms with Crippen LogP contribution in [0.25, 0.3) is 0 Å². The average molecular weight is 297 g/mol. The van der Waals surface area contributed by atoms with Crippen LogP contribution in [-0.2, 0) is 6.54 Å². The Kier molecular flexibility index (Phi) is 4.08. The predicted molar refractivity (Wildman–Crippen MR) is 88.8 cm³/mol. The molecule has 3 nitrogen and oxygen atoms in total. The van der Waals surface area contributed by atoms with Gasteiger partial charge in [0.2, 0.25) is 0 Å². The average Bonchev–Trinajstić information content (AvgIpc) is 2.55. The van der Waals surface area contributed by atoms with Crippen LogP contribution in [0.3, 0.4) is 0 Å². The monoisotopic (exact) mass is 297 g/mol. The Morgan fingerprint density at radius 1 is 1.00 bits per heavy atom. The van der Waals surface area contributed by atoms with Gasteiger partial charge >= 0.3 is 0 Å². The van der Waals surface area contributed by atoms with Gasteiger partial charge in [-0.2, -0.15) is 0 Å². The van der Waals surface area contributed by atoms with E-state index >= 15 is 0 Å². The molecule has 0 N–H and O–H groups in total. The van der Waals surface area contributed by atoms with Gasteiger partial charge in [0.15, 0.2) is 11.5 Å². The molecule has 2 atom stereocenters. The Balaban J connectivity index is 2.16. The maximum Gasteiger partial charge on any atom is 0.161 e. The van der Waals surface area contributed by atoms with E-state index in [2.05, 4.69) is 61.3 Å². The second-order valence-corrected chi connectivity index (χ2v) is 5.95. The molecule has 2 aromatic carbocycles. The van der Waals surface area contributed by atoms with Gasteiger partial charge in [0.1, 0.15) is 0 Å². The summed E-state index contributed by atoms with van der Waals surface area (Å²) >= 11 is 0. The first kappa shape index (κ1) is 14.9. The highest BCUT2D eigenvalue weighted by atomic mass is 16.5. The fourth-order valence-electron chi connectivity index (χ4n) is 3.41. The molecular weight excluding hydrogens is 274 g/mol. The minimum atomic E-state index is 0.342. The lowest BCUT2D eigenvalue weighted by Gasteiger charge is -2.39. The van der Waals surface area contributed by atoms with Crippen molar-refractivity contribution in [3.8, 4) is 11.5 Å². The van der Waals surface area contributed by atoms with Crippen molar-refractivity contribution < 1.29 is 9.47 Å². The Morgan fingerprint density at radius 2 is 1.64 bits per heavy atom. The molecule has 0 unspecified atom stereocenters.